The molecule has 1 aliphatic rings. The number of rotatable bonds is 6. The monoisotopic (exact) mass is 373 g/mol. The molecule has 1 fully saturated rings. The molecule has 0 atom stereocenters. The molecule has 3 rings (SSSR count). The zero-order chi connectivity index (χ0) is 18.4. The van der Waals surface area contributed by atoms with Crippen LogP contribution in [0.3, 0.4) is 0 Å². The predicted molar refractivity (Wildman–Crippen MR) is 109 cm³/mol. The van der Waals surface area contributed by atoms with Crippen LogP contribution >= 0.6 is 12.2 Å². The summed E-state index contributed by atoms with van der Waals surface area (Å²) in [5, 5.41) is 4.08. The van der Waals surface area contributed by atoms with Crippen molar-refractivity contribution in [1.29, 1.82) is 0 Å². The van der Waals surface area contributed by atoms with Gasteiger partial charge in [-0.3, -0.25) is 4.90 Å². The third-order valence-corrected chi connectivity index (χ3v) is 4.88. The molecule has 0 aliphatic carbocycles. The number of morpholine rings is 1. The fraction of sp³-hybridized carbons (Fsp3) is 0.450. The smallest absolute Gasteiger partial charge is 0.173 e. The first-order valence-electron chi connectivity index (χ1n) is 9.08. The molecule has 0 amide bonds. The molecule has 0 radical (unpaired) electrons. The Morgan fingerprint density at radius 1 is 1.12 bits per heavy atom. The van der Waals surface area contributed by atoms with Gasteiger partial charge in [0.1, 0.15) is 11.5 Å². The largest absolute Gasteiger partial charge is 0.464 e. The number of hydrogen-bond acceptors (Lipinski definition) is 4. The van der Waals surface area contributed by atoms with Crippen molar-refractivity contribution >= 4 is 23.0 Å². The SMILES string of the molecule is Cc1ccc(NC(=S)N(CCN2CCOCC2)Cc2ccc(C)o2)cc1. The summed E-state index contributed by atoms with van der Waals surface area (Å²) in [6.07, 6.45) is 0. The van der Waals surface area contributed by atoms with E-state index in [4.69, 9.17) is 21.4 Å². The van der Waals surface area contributed by atoms with Gasteiger partial charge in [-0.2, -0.15) is 0 Å². The van der Waals surface area contributed by atoms with Crippen LogP contribution in [0.5, 0.6) is 0 Å². The van der Waals surface area contributed by atoms with Gasteiger partial charge >= 0.3 is 0 Å². The minimum absolute atomic E-state index is 0.663. The van der Waals surface area contributed by atoms with E-state index in [-0.39, 0.29) is 0 Å². The van der Waals surface area contributed by atoms with Crippen molar-refractivity contribution in [3.8, 4) is 0 Å². The summed E-state index contributed by atoms with van der Waals surface area (Å²) in [6.45, 7) is 10.1. The van der Waals surface area contributed by atoms with Crippen LogP contribution in [-0.2, 0) is 11.3 Å². The number of nitrogens with zero attached hydrogens (tertiary/aromatic N) is 2. The van der Waals surface area contributed by atoms with Crippen LogP contribution in [0.15, 0.2) is 40.8 Å². The molecule has 6 heteroatoms. The van der Waals surface area contributed by atoms with Crippen molar-refractivity contribution in [3.05, 3.63) is 53.5 Å². The fourth-order valence-corrected chi connectivity index (χ4v) is 3.21. The average molecular weight is 374 g/mol. The summed E-state index contributed by atoms with van der Waals surface area (Å²) in [7, 11) is 0. The lowest BCUT2D eigenvalue weighted by atomic mass is 10.2. The molecular formula is C20H27N3O2S. The summed E-state index contributed by atoms with van der Waals surface area (Å²) in [5.74, 6) is 1.85. The highest BCUT2D eigenvalue weighted by Crippen LogP contribution is 2.14. The van der Waals surface area contributed by atoms with Crippen LogP contribution in [0, 0.1) is 13.8 Å². The Morgan fingerprint density at radius 2 is 1.85 bits per heavy atom. The van der Waals surface area contributed by atoms with Crippen LogP contribution in [0.25, 0.3) is 0 Å². The lowest BCUT2D eigenvalue weighted by molar-refractivity contribution is 0.0356. The molecule has 26 heavy (non-hydrogen) atoms. The minimum Gasteiger partial charge on any atom is -0.464 e. The molecule has 140 valence electrons. The van der Waals surface area contributed by atoms with E-state index in [1.165, 1.54) is 5.56 Å². The molecule has 1 aliphatic heterocycles. The fourth-order valence-electron chi connectivity index (χ4n) is 2.94. The average Bonchev–Trinajstić information content (AvgIpc) is 3.06. The predicted octanol–water partition coefficient (Wildman–Crippen LogP) is 3.43. The Hall–Kier alpha value is -1.89. The molecule has 0 unspecified atom stereocenters. The zero-order valence-electron chi connectivity index (χ0n) is 15.5. The van der Waals surface area contributed by atoms with E-state index in [9.17, 15) is 0 Å². The van der Waals surface area contributed by atoms with Gasteiger partial charge in [0.25, 0.3) is 0 Å². The second-order valence-electron chi connectivity index (χ2n) is 6.68. The summed E-state index contributed by atoms with van der Waals surface area (Å²) < 4.78 is 11.2. The van der Waals surface area contributed by atoms with Gasteiger partial charge in [-0.25, -0.2) is 0 Å². The number of aryl methyl sites for hydroxylation is 2. The zero-order valence-corrected chi connectivity index (χ0v) is 16.3. The van der Waals surface area contributed by atoms with Crippen LogP contribution in [0.2, 0.25) is 0 Å². The van der Waals surface area contributed by atoms with Crippen LogP contribution in [0.1, 0.15) is 17.1 Å². The van der Waals surface area contributed by atoms with Crippen molar-refractivity contribution in [2.75, 3.05) is 44.7 Å². The first-order valence-corrected chi connectivity index (χ1v) is 9.49. The lowest BCUT2D eigenvalue weighted by Gasteiger charge is -2.31. The molecule has 2 aromatic rings. The molecule has 1 aromatic heterocycles. The summed E-state index contributed by atoms with van der Waals surface area (Å²) in [5.41, 5.74) is 2.24. The van der Waals surface area contributed by atoms with Crippen LogP contribution < -0.4 is 5.32 Å². The second kappa shape index (κ2) is 9.16. The van der Waals surface area contributed by atoms with E-state index in [1.807, 2.05) is 19.1 Å². The van der Waals surface area contributed by atoms with Gasteiger partial charge in [0.15, 0.2) is 5.11 Å². The Bertz CT molecular complexity index is 708. The number of thiocarbonyl (C=S) groups is 1. The van der Waals surface area contributed by atoms with Crippen molar-refractivity contribution in [2.45, 2.75) is 20.4 Å². The highest BCUT2D eigenvalue weighted by atomic mass is 32.1. The number of benzene rings is 1. The van der Waals surface area contributed by atoms with Gasteiger partial charge < -0.3 is 19.4 Å². The van der Waals surface area contributed by atoms with E-state index in [1.54, 1.807) is 0 Å². The van der Waals surface area contributed by atoms with E-state index in [0.29, 0.717) is 6.54 Å². The number of furan rings is 1. The van der Waals surface area contributed by atoms with Gasteiger partial charge in [-0.15, -0.1) is 0 Å². The van der Waals surface area contributed by atoms with E-state index >= 15 is 0 Å². The van der Waals surface area contributed by atoms with Crippen LogP contribution in [-0.4, -0.2) is 54.3 Å². The minimum atomic E-state index is 0.663. The maximum absolute atomic E-state index is 5.76. The topological polar surface area (TPSA) is 40.9 Å². The number of anilines is 1. The van der Waals surface area contributed by atoms with Gasteiger partial charge in [-0.1, -0.05) is 17.7 Å². The van der Waals surface area contributed by atoms with Gasteiger partial charge in [0.05, 0.1) is 19.8 Å². The Labute approximate surface area is 160 Å². The standard InChI is InChI=1S/C20H27N3O2S/c1-16-3-6-18(7-4-16)21-20(26)23(15-19-8-5-17(2)25-19)10-9-22-11-13-24-14-12-22/h3-8H,9-15H2,1-2H3,(H,21,26). The highest BCUT2D eigenvalue weighted by Gasteiger charge is 2.16. The van der Waals surface area contributed by atoms with E-state index < -0.39 is 0 Å². The van der Waals surface area contributed by atoms with E-state index in [2.05, 4.69) is 46.3 Å². The van der Waals surface area contributed by atoms with Crippen molar-refractivity contribution in [1.82, 2.24) is 9.80 Å². The summed E-state index contributed by atoms with van der Waals surface area (Å²) in [4.78, 5) is 4.58. The summed E-state index contributed by atoms with van der Waals surface area (Å²) >= 11 is 5.69. The first kappa shape index (κ1) is 18.9. The molecule has 0 bridgehead atoms. The number of hydrogen-bond donors (Lipinski definition) is 1. The van der Waals surface area contributed by atoms with Crippen molar-refractivity contribution in [3.63, 3.8) is 0 Å². The quantitative estimate of drug-likeness (QED) is 0.783. The highest BCUT2D eigenvalue weighted by molar-refractivity contribution is 7.80. The molecule has 0 saturated carbocycles. The molecule has 1 aromatic carbocycles. The van der Waals surface area contributed by atoms with Gasteiger partial charge in [-0.05, 0) is 50.3 Å². The number of ether oxygens (including phenoxy) is 1. The molecule has 2 heterocycles. The van der Waals surface area contributed by atoms with Crippen molar-refractivity contribution in [2.24, 2.45) is 0 Å². The Morgan fingerprint density at radius 3 is 2.50 bits per heavy atom. The van der Waals surface area contributed by atoms with E-state index in [0.717, 1.165) is 61.7 Å². The molecule has 5 nitrogen and oxygen atoms in total. The van der Waals surface area contributed by atoms with Gasteiger partial charge in [0, 0.05) is 31.9 Å². The van der Waals surface area contributed by atoms with Crippen LogP contribution in [0.4, 0.5) is 5.69 Å². The Kier molecular flexibility index (Phi) is 6.66. The second-order valence-corrected chi connectivity index (χ2v) is 7.07. The molecule has 0 spiro atoms. The third-order valence-electron chi connectivity index (χ3n) is 4.52. The normalized spacial score (nSPS) is 15.0. The van der Waals surface area contributed by atoms with Gasteiger partial charge in [0.2, 0.25) is 0 Å². The first-order chi connectivity index (χ1) is 12.6. The molecular weight excluding hydrogens is 346 g/mol. The molecule has 1 saturated heterocycles. The summed E-state index contributed by atoms with van der Waals surface area (Å²) in [6, 6.07) is 12.3. The number of nitrogens with one attached hydrogen (secondary N) is 1. The maximum Gasteiger partial charge on any atom is 0.173 e. The third kappa shape index (κ3) is 5.56. The Balaban J connectivity index is 1.63. The van der Waals surface area contributed by atoms with Crippen molar-refractivity contribution < 1.29 is 9.15 Å². The maximum atomic E-state index is 5.76. The molecule has 1 N–H and O–H groups in total. The lowest BCUT2D eigenvalue weighted by Crippen LogP contribution is -2.43.